The van der Waals surface area contributed by atoms with Crippen LogP contribution >= 0.6 is 11.3 Å². The first kappa shape index (κ1) is 26.7. The molecule has 1 heterocycles. The number of thiophene rings is 1. The van der Waals surface area contributed by atoms with E-state index in [1.807, 2.05) is 37.4 Å². The van der Waals surface area contributed by atoms with E-state index in [1.165, 1.54) is 4.88 Å². The van der Waals surface area contributed by atoms with Gasteiger partial charge in [-0.2, -0.15) is 0 Å². The molecule has 0 fully saturated rings. The highest BCUT2D eigenvalue weighted by Crippen LogP contribution is 2.45. The molecule has 1 N–H and O–H groups in total. The quantitative estimate of drug-likeness (QED) is 0.316. The number of nitrogens with one attached hydrogen (secondary N) is 1. The van der Waals surface area contributed by atoms with Crippen molar-refractivity contribution >= 4 is 34.1 Å². The normalized spacial score (nSPS) is 15.4. The molecule has 0 bridgehead atoms. The lowest BCUT2D eigenvalue weighted by Gasteiger charge is -2.33. The van der Waals surface area contributed by atoms with Crippen LogP contribution in [0.25, 0.3) is 0 Å². The summed E-state index contributed by atoms with van der Waals surface area (Å²) >= 11 is 1.63. The number of benzene rings is 2. The van der Waals surface area contributed by atoms with E-state index >= 15 is 0 Å². The van der Waals surface area contributed by atoms with Crippen LogP contribution in [-0.2, 0) is 12.8 Å². The molecule has 1 amide bonds. The Hall–Kier alpha value is -3.32. The van der Waals surface area contributed by atoms with Crippen LogP contribution in [0.15, 0.2) is 47.5 Å². The summed E-state index contributed by atoms with van der Waals surface area (Å²) in [6.45, 7) is 9.48. The Morgan fingerprint density at radius 3 is 2.49 bits per heavy atom. The molecule has 37 heavy (non-hydrogen) atoms. The Balaban J connectivity index is 1.68. The summed E-state index contributed by atoms with van der Waals surface area (Å²) in [6.07, 6.45) is 4.71. The predicted molar refractivity (Wildman–Crippen MR) is 152 cm³/mol. The van der Waals surface area contributed by atoms with Crippen LogP contribution in [-0.4, -0.2) is 32.9 Å². The smallest absolute Gasteiger partial charge is 0.259 e. The summed E-state index contributed by atoms with van der Waals surface area (Å²) in [5.74, 6) is 2.43. The number of amides is 1. The molecule has 1 unspecified atom stereocenters. The van der Waals surface area contributed by atoms with E-state index in [0.29, 0.717) is 35.3 Å². The number of fused-ring (bicyclic) bond motifs is 1. The fourth-order valence-corrected chi connectivity index (χ4v) is 5.94. The maximum absolute atomic E-state index is 13.7. The molecule has 0 saturated carbocycles. The van der Waals surface area contributed by atoms with Crippen molar-refractivity contribution in [3.63, 3.8) is 0 Å². The van der Waals surface area contributed by atoms with Crippen LogP contribution in [0.5, 0.6) is 17.2 Å². The lowest BCUT2D eigenvalue weighted by Crippen LogP contribution is -2.27. The van der Waals surface area contributed by atoms with E-state index in [0.717, 1.165) is 41.1 Å². The van der Waals surface area contributed by atoms with Crippen molar-refractivity contribution in [2.75, 3.05) is 26.1 Å². The number of anilines is 1. The predicted octanol–water partition coefficient (Wildman–Crippen LogP) is 7.32. The fraction of sp³-hybridized carbons (Fsp3) is 0.400. The molecular weight excluding hydrogens is 484 g/mol. The number of hydrogen-bond donors (Lipinski definition) is 1. The molecule has 1 aromatic heterocycles. The van der Waals surface area contributed by atoms with Gasteiger partial charge >= 0.3 is 0 Å². The van der Waals surface area contributed by atoms with E-state index in [9.17, 15) is 4.79 Å². The second-order valence-corrected chi connectivity index (χ2v) is 11.4. The van der Waals surface area contributed by atoms with Crippen molar-refractivity contribution in [1.82, 2.24) is 0 Å². The first-order valence-corrected chi connectivity index (χ1v) is 13.5. The van der Waals surface area contributed by atoms with Gasteiger partial charge in [-0.3, -0.25) is 4.79 Å². The number of nitrogens with zero attached hydrogens (tertiary/aromatic N) is 1. The van der Waals surface area contributed by atoms with Gasteiger partial charge in [0.1, 0.15) is 22.2 Å². The molecule has 0 aliphatic heterocycles. The maximum atomic E-state index is 13.7. The van der Waals surface area contributed by atoms with Crippen molar-refractivity contribution < 1.29 is 19.0 Å². The number of rotatable bonds is 8. The molecule has 3 aromatic rings. The second-order valence-electron chi connectivity index (χ2n) is 10.3. The molecular formula is C30H36N2O4S. The minimum Gasteiger partial charge on any atom is -0.497 e. The highest BCUT2D eigenvalue weighted by Gasteiger charge is 2.33. The lowest BCUT2D eigenvalue weighted by atomic mass is 9.72. The molecule has 1 atom stereocenters. The van der Waals surface area contributed by atoms with Gasteiger partial charge in [0.25, 0.3) is 5.91 Å². The summed E-state index contributed by atoms with van der Waals surface area (Å²) in [5.41, 5.74) is 3.54. The highest BCUT2D eigenvalue weighted by atomic mass is 32.1. The van der Waals surface area contributed by atoms with Gasteiger partial charge in [0.2, 0.25) is 0 Å². The topological polar surface area (TPSA) is 69.2 Å². The number of carbonyl (C=O) groups excluding carboxylic acids is 1. The zero-order valence-electron chi connectivity index (χ0n) is 22.5. The molecule has 0 spiro atoms. The first-order chi connectivity index (χ1) is 17.7. The van der Waals surface area contributed by atoms with Gasteiger partial charge in [-0.05, 0) is 85.0 Å². The van der Waals surface area contributed by atoms with Gasteiger partial charge in [-0.25, -0.2) is 4.99 Å². The standard InChI is InChI=1S/C30H36N2O4S/c1-7-36-21-11-8-19(9-12-21)18-31-29-27(23-14-10-20(30(2,3)4)16-26(23)37-29)28(33)32-24-15-13-22(34-5)17-25(24)35-6/h8-9,11-13,15,17-18,20H,7,10,14,16H2,1-6H3,(H,32,33)/b31-18+. The third kappa shape index (κ3) is 6.16. The van der Waals surface area contributed by atoms with Crippen LogP contribution in [0.4, 0.5) is 10.7 Å². The van der Waals surface area contributed by atoms with Crippen molar-refractivity contribution in [3.8, 4) is 17.2 Å². The maximum Gasteiger partial charge on any atom is 0.259 e. The van der Waals surface area contributed by atoms with Crippen LogP contribution in [0.1, 0.15) is 60.5 Å². The molecule has 1 aliphatic carbocycles. The van der Waals surface area contributed by atoms with Crippen LogP contribution in [0, 0.1) is 11.3 Å². The van der Waals surface area contributed by atoms with E-state index in [1.54, 1.807) is 43.8 Å². The molecule has 0 radical (unpaired) electrons. The Bertz CT molecular complexity index is 1270. The van der Waals surface area contributed by atoms with Gasteiger partial charge in [-0.1, -0.05) is 20.8 Å². The van der Waals surface area contributed by atoms with Crippen molar-refractivity contribution in [3.05, 3.63) is 64.0 Å². The molecule has 6 nitrogen and oxygen atoms in total. The largest absolute Gasteiger partial charge is 0.497 e. The van der Waals surface area contributed by atoms with Gasteiger partial charge < -0.3 is 19.5 Å². The van der Waals surface area contributed by atoms with Crippen LogP contribution in [0.2, 0.25) is 0 Å². The average Bonchev–Trinajstić information content (AvgIpc) is 3.26. The Kier molecular flexibility index (Phi) is 8.22. The lowest BCUT2D eigenvalue weighted by molar-refractivity contribution is 0.102. The summed E-state index contributed by atoms with van der Waals surface area (Å²) in [4.78, 5) is 19.8. The number of aliphatic imine (C=N–C) groups is 1. The molecule has 0 saturated heterocycles. The molecule has 196 valence electrons. The van der Waals surface area contributed by atoms with Crippen LogP contribution < -0.4 is 19.5 Å². The van der Waals surface area contributed by atoms with Crippen molar-refractivity contribution in [2.24, 2.45) is 16.3 Å². The zero-order chi connectivity index (χ0) is 26.6. The Morgan fingerprint density at radius 1 is 1.11 bits per heavy atom. The first-order valence-electron chi connectivity index (χ1n) is 12.7. The summed E-state index contributed by atoms with van der Waals surface area (Å²) in [7, 11) is 3.18. The van der Waals surface area contributed by atoms with E-state index in [2.05, 4.69) is 26.1 Å². The minimum atomic E-state index is -0.172. The van der Waals surface area contributed by atoms with Gasteiger partial charge in [0, 0.05) is 17.2 Å². The third-order valence-electron chi connectivity index (χ3n) is 6.88. The molecule has 4 rings (SSSR count). The van der Waals surface area contributed by atoms with Gasteiger partial charge in [0.05, 0.1) is 32.1 Å². The Labute approximate surface area is 223 Å². The van der Waals surface area contributed by atoms with Crippen LogP contribution in [0.3, 0.4) is 0 Å². The average molecular weight is 521 g/mol. The SMILES string of the molecule is CCOc1ccc(/C=N/c2sc3c(c2C(=O)Nc2ccc(OC)cc2OC)CCC(C(C)(C)C)C3)cc1. The molecule has 7 heteroatoms. The van der Waals surface area contributed by atoms with Gasteiger partial charge in [-0.15, -0.1) is 11.3 Å². The van der Waals surface area contributed by atoms with E-state index in [4.69, 9.17) is 19.2 Å². The van der Waals surface area contributed by atoms with Crippen molar-refractivity contribution in [2.45, 2.75) is 47.0 Å². The molecule has 2 aromatic carbocycles. The van der Waals surface area contributed by atoms with E-state index in [-0.39, 0.29) is 11.3 Å². The Morgan fingerprint density at radius 2 is 1.84 bits per heavy atom. The fourth-order valence-electron chi connectivity index (χ4n) is 4.67. The summed E-state index contributed by atoms with van der Waals surface area (Å²) in [6, 6.07) is 13.2. The van der Waals surface area contributed by atoms with Gasteiger partial charge in [0.15, 0.2) is 0 Å². The molecule has 1 aliphatic rings. The minimum absolute atomic E-state index is 0.172. The number of methoxy groups -OCH3 is 2. The number of carbonyl (C=O) groups is 1. The van der Waals surface area contributed by atoms with E-state index < -0.39 is 0 Å². The highest BCUT2D eigenvalue weighted by molar-refractivity contribution is 7.16. The third-order valence-corrected chi connectivity index (χ3v) is 8.04. The summed E-state index contributed by atoms with van der Waals surface area (Å²) in [5, 5.41) is 3.80. The zero-order valence-corrected chi connectivity index (χ0v) is 23.3. The monoisotopic (exact) mass is 520 g/mol. The number of ether oxygens (including phenoxy) is 3. The van der Waals surface area contributed by atoms with Crippen molar-refractivity contribution in [1.29, 1.82) is 0 Å². The summed E-state index contributed by atoms with van der Waals surface area (Å²) < 4.78 is 16.3. The number of hydrogen-bond acceptors (Lipinski definition) is 6. The second kappa shape index (κ2) is 11.4.